The van der Waals surface area contributed by atoms with Gasteiger partial charge in [0.2, 0.25) is 0 Å². The Labute approximate surface area is 108 Å². The molecule has 2 nitrogen and oxygen atoms in total. The molecule has 0 atom stereocenters. The molecular weight excluding hydrogens is 381 g/mol. The van der Waals surface area contributed by atoms with Crippen LogP contribution in [0, 0.1) is 6.92 Å². The van der Waals surface area contributed by atoms with Gasteiger partial charge in [0.05, 0.1) is 5.56 Å². The van der Waals surface area contributed by atoms with Gasteiger partial charge < -0.3 is 5.11 Å². The van der Waals surface area contributed by atoms with Crippen molar-refractivity contribution in [2.75, 3.05) is 0 Å². The molecule has 0 bridgehead atoms. The van der Waals surface area contributed by atoms with E-state index >= 15 is 0 Å². The molecule has 0 unspecified atom stereocenters. The van der Waals surface area contributed by atoms with Crippen LogP contribution in [-0.4, -0.2) is 38.4 Å². The Hall–Kier alpha value is -0.908. The molecule has 0 spiro atoms. The van der Waals surface area contributed by atoms with Crippen LogP contribution in [0.25, 0.3) is 10.8 Å². The zero-order chi connectivity index (χ0) is 10.1. The molecular formula is C12H10O2Tl. The number of hydrogen-bond donors (Lipinski definition) is 1. The monoisotopic (exact) mass is 391 g/mol. The molecule has 0 saturated heterocycles. The Morgan fingerprint density at radius 1 is 1.20 bits per heavy atom. The zero-order valence-corrected chi connectivity index (χ0v) is 12.9. The van der Waals surface area contributed by atoms with E-state index in [1.165, 1.54) is 0 Å². The number of carboxylic acids is 1. The predicted octanol–water partition coefficient (Wildman–Crippen LogP) is 2.47. The molecule has 0 amide bonds. The Bertz CT molecular complexity index is 506. The van der Waals surface area contributed by atoms with Gasteiger partial charge in [-0.25, -0.2) is 4.79 Å². The van der Waals surface area contributed by atoms with Gasteiger partial charge in [-0.3, -0.25) is 0 Å². The first-order chi connectivity index (χ1) is 6.68. The van der Waals surface area contributed by atoms with Crippen molar-refractivity contribution in [3.8, 4) is 0 Å². The summed E-state index contributed by atoms with van der Waals surface area (Å²) < 4.78 is 0. The SMILES string of the molecule is Cc1cc(C(=O)O)cc2ccccc12.[Tl]. The summed E-state index contributed by atoms with van der Waals surface area (Å²) in [6.45, 7) is 1.93. The van der Waals surface area contributed by atoms with Crippen LogP contribution in [0.4, 0.5) is 0 Å². The Morgan fingerprint density at radius 2 is 1.87 bits per heavy atom. The molecule has 2 aromatic carbocycles. The standard InChI is InChI=1S/C12H10O2.Tl/c1-8-6-10(12(13)14)7-9-4-2-3-5-11(8)9;/h2-7H,1H3,(H,13,14);. The maximum Gasteiger partial charge on any atom is 0.335 e. The van der Waals surface area contributed by atoms with Gasteiger partial charge in [-0.05, 0) is 35.4 Å². The molecule has 1 N–H and O–H groups in total. The van der Waals surface area contributed by atoms with Gasteiger partial charge in [0.25, 0.3) is 0 Å². The van der Waals surface area contributed by atoms with Crippen LogP contribution in [0.1, 0.15) is 15.9 Å². The van der Waals surface area contributed by atoms with Gasteiger partial charge >= 0.3 is 5.97 Å². The number of hydrogen-bond acceptors (Lipinski definition) is 1. The molecule has 2 rings (SSSR count). The van der Waals surface area contributed by atoms with E-state index in [2.05, 4.69) is 0 Å². The Kier molecular flexibility index (Phi) is 3.85. The largest absolute Gasteiger partial charge is 0.478 e. The molecule has 0 aliphatic rings. The first-order valence-electron chi connectivity index (χ1n) is 4.41. The summed E-state index contributed by atoms with van der Waals surface area (Å²) >= 11 is 0. The van der Waals surface area contributed by atoms with Crippen LogP contribution < -0.4 is 0 Å². The molecule has 0 heterocycles. The zero-order valence-electron chi connectivity index (χ0n) is 8.40. The molecule has 0 fully saturated rings. The van der Waals surface area contributed by atoms with Crippen molar-refractivity contribution in [3.63, 3.8) is 0 Å². The van der Waals surface area contributed by atoms with Crippen molar-refractivity contribution >= 4 is 44.0 Å². The van der Waals surface area contributed by atoms with Gasteiger partial charge in [0.1, 0.15) is 0 Å². The second-order valence-electron chi connectivity index (χ2n) is 3.32. The van der Waals surface area contributed by atoms with Gasteiger partial charge in [0.15, 0.2) is 0 Å². The van der Waals surface area contributed by atoms with E-state index in [1.807, 2.05) is 31.2 Å². The van der Waals surface area contributed by atoms with Gasteiger partial charge in [-0.2, -0.15) is 0 Å². The Morgan fingerprint density at radius 3 is 2.53 bits per heavy atom. The minimum Gasteiger partial charge on any atom is -0.478 e. The van der Waals surface area contributed by atoms with E-state index in [4.69, 9.17) is 5.11 Å². The second kappa shape index (κ2) is 4.74. The smallest absolute Gasteiger partial charge is 0.335 e. The van der Waals surface area contributed by atoms with Crippen LogP contribution in [0.3, 0.4) is 0 Å². The summed E-state index contributed by atoms with van der Waals surface area (Å²) in [7, 11) is 0. The molecule has 15 heavy (non-hydrogen) atoms. The first kappa shape index (κ1) is 12.2. The fraction of sp³-hybridized carbons (Fsp3) is 0.0833. The van der Waals surface area contributed by atoms with Crippen molar-refractivity contribution < 1.29 is 9.90 Å². The normalized spacial score (nSPS) is 9.67. The van der Waals surface area contributed by atoms with E-state index in [9.17, 15) is 4.79 Å². The summed E-state index contributed by atoms with van der Waals surface area (Å²) in [5.41, 5.74) is 1.35. The number of fused-ring (bicyclic) bond motifs is 1. The fourth-order valence-corrected chi connectivity index (χ4v) is 1.63. The van der Waals surface area contributed by atoms with E-state index in [1.54, 1.807) is 12.1 Å². The Balaban J connectivity index is 0.00000112. The number of carboxylic acid groups (broad SMARTS) is 1. The van der Waals surface area contributed by atoms with Gasteiger partial charge in [0, 0.05) is 27.3 Å². The molecule has 0 aliphatic carbocycles. The maximum atomic E-state index is 10.8. The molecule has 0 saturated carbocycles. The third-order valence-electron chi connectivity index (χ3n) is 2.32. The quantitative estimate of drug-likeness (QED) is 0.760. The van der Waals surface area contributed by atoms with E-state index in [0.29, 0.717) is 5.56 Å². The van der Waals surface area contributed by atoms with Crippen LogP contribution in [0.15, 0.2) is 36.4 Å². The summed E-state index contributed by atoms with van der Waals surface area (Å²) in [4.78, 5) is 10.8. The van der Waals surface area contributed by atoms with E-state index in [-0.39, 0.29) is 27.3 Å². The minimum absolute atomic E-state index is 0. The third kappa shape index (κ3) is 2.37. The third-order valence-corrected chi connectivity index (χ3v) is 2.32. The number of rotatable bonds is 1. The summed E-state index contributed by atoms with van der Waals surface area (Å²) in [6, 6.07) is 11.2. The van der Waals surface area contributed by atoms with Crippen LogP contribution >= 0.6 is 0 Å². The van der Waals surface area contributed by atoms with Crippen LogP contribution in [0.2, 0.25) is 0 Å². The van der Waals surface area contributed by atoms with Crippen LogP contribution in [-0.2, 0) is 0 Å². The van der Waals surface area contributed by atoms with Crippen molar-refractivity contribution in [1.82, 2.24) is 0 Å². The topological polar surface area (TPSA) is 37.3 Å². The fourth-order valence-electron chi connectivity index (χ4n) is 1.63. The average molecular weight is 391 g/mol. The molecule has 2 aromatic rings. The minimum atomic E-state index is -0.876. The van der Waals surface area contributed by atoms with Crippen molar-refractivity contribution in [1.29, 1.82) is 0 Å². The van der Waals surface area contributed by atoms with Crippen LogP contribution in [0.5, 0.6) is 0 Å². The number of benzene rings is 2. The summed E-state index contributed by atoms with van der Waals surface area (Å²) in [5, 5.41) is 11.0. The first-order valence-corrected chi connectivity index (χ1v) is 4.41. The number of aromatic carboxylic acids is 1. The number of aryl methyl sites for hydroxylation is 1. The molecule has 1 radical (unpaired) electrons. The second-order valence-corrected chi connectivity index (χ2v) is 3.32. The summed E-state index contributed by atoms with van der Waals surface area (Å²) in [6.07, 6.45) is 0. The van der Waals surface area contributed by atoms with Gasteiger partial charge in [-0.1, -0.05) is 24.3 Å². The number of carbonyl (C=O) groups is 1. The van der Waals surface area contributed by atoms with E-state index < -0.39 is 5.97 Å². The predicted molar refractivity (Wildman–Crippen MR) is 61.4 cm³/mol. The van der Waals surface area contributed by atoms with Crippen molar-refractivity contribution in [2.24, 2.45) is 0 Å². The molecule has 73 valence electrons. The van der Waals surface area contributed by atoms with Crippen molar-refractivity contribution in [2.45, 2.75) is 6.92 Å². The molecule has 0 aromatic heterocycles. The van der Waals surface area contributed by atoms with E-state index in [0.717, 1.165) is 16.3 Å². The average Bonchev–Trinajstić information content (AvgIpc) is 2.17. The van der Waals surface area contributed by atoms with Gasteiger partial charge in [-0.15, -0.1) is 0 Å². The summed E-state index contributed by atoms with van der Waals surface area (Å²) in [5.74, 6) is -0.876. The molecule has 0 aliphatic heterocycles. The molecule has 3 heteroatoms. The maximum absolute atomic E-state index is 10.8. The van der Waals surface area contributed by atoms with Crippen molar-refractivity contribution in [3.05, 3.63) is 47.5 Å².